The Labute approximate surface area is 162 Å². The van der Waals surface area contributed by atoms with Crippen molar-refractivity contribution in [1.29, 1.82) is 0 Å². The summed E-state index contributed by atoms with van der Waals surface area (Å²) >= 11 is 1.00. The van der Waals surface area contributed by atoms with Gasteiger partial charge in [0.2, 0.25) is 0 Å². The lowest BCUT2D eigenvalue weighted by Gasteiger charge is -2.09. The highest BCUT2D eigenvalue weighted by molar-refractivity contribution is 8.18. The molecule has 1 N–H and O–H groups in total. The summed E-state index contributed by atoms with van der Waals surface area (Å²) in [5.41, 5.74) is 0.530. The molecule has 140 valence electrons. The molecule has 1 fully saturated rings. The number of hydrogen-bond acceptors (Lipinski definition) is 4. The van der Waals surface area contributed by atoms with Crippen LogP contribution in [0, 0.1) is 0 Å². The average Bonchev–Trinajstić information content (AvgIpc) is 3.00. The minimum absolute atomic E-state index is 0.107. The SMILES string of the molecule is O=C1N/C(=N/c2ccccc2C(F)(F)F)S/C1=C\c1ccc2ncccc2c1. The molecule has 0 bridgehead atoms. The van der Waals surface area contributed by atoms with Crippen LogP contribution in [0.1, 0.15) is 11.1 Å². The lowest BCUT2D eigenvalue weighted by atomic mass is 10.1. The van der Waals surface area contributed by atoms with E-state index in [1.807, 2.05) is 30.3 Å². The largest absolute Gasteiger partial charge is 0.418 e. The number of carbonyl (C=O) groups is 1. The summed E-state index contributed by atoms with van der Waals surface area (Å²) in [6.07, 6.45) is -1.15. The van der Waals surface area contributed by atoms with Crippen LogP contribution in [-0.2, 0) is 11.0 Å². The van der Waals surface area contributed by atoms with E-state index >= 15 is 0 Å². The van der Waals surface area contributed by atoms with Crippen molar-refractivity contribution in [2.24, 2.45) is 4.99 Å². The normalized spacial score (nSPS) is 17.5. The molecule has 4 nitrogen and oxygen atoms in total. The second-order valence-corrected chi connectivity index (χ2v) is 6.98. The van der Waals surface area contributed by atoms with Crippen LogP contribution in [0.3, 0.4) is 0 Å². The van der Waals surface area contributed by atoms with Gasteiger partial charge in [-0.05, 0) is 53.7 Å². The molecule has 0 spiro atoms. The lowest BCUT2D eigenvalue weighted by molar-refractivity contribution is -0.137. The van der Waals surface area contributed by atoms with E-state index in [1.54, 1.807) is 12.3 Å². The van der Waals surface area contributed by atoms with Gasteiger partial charge in [-0.1, -0.05) is 24.3 Å². The summed E-state index contributed by atoms with van der Waals surface area (Å²) in [7, 11) is 0. The van der Waals surface area contributed by atoms with Crippen molar-refractivity contribution < 1.29 is 18.0 Å². The first kappa shape index (κ1) is 18.2. The zero-order chi connectivity index (χ0) is 19.7. The van der Waals surface area contributed by atoms with Gasteiger partial charge in [0.15, 0.2) is 5.17 Å². The van der Waals surface area contributed by atoms with Gasteiger partial charge in [0.25, 0.3) is 5.91 Å². The monoisotopic (exact) mass is 399 g/mol. The van der Waals surface area contributed by atoms with E-state index in [9.17, 15) is 18.0 Å². The molecule has 0 aliphatic carbocycles. The Morgan fingerprint density at radius 1 is 1.07 bits per heavy atom. The van der Waals surface area contributed by atoms with E-state index in [4.69, 9.17) is 0 Å². The van der Waals surface area contributed by atoms with E-state index in [0.717, 1.165) is 34.3 Å². The molecular formula is C20H12F3N3OS. The Morgan fingerprint density at radius 3 is 2.71 bits per heavy atom. The number of rotatable bonds is 2. The highest BCUT2D eigenvalue weighted by atomic mass is 32.2. The number of para-hydroxylation sites is 1. The Balaban J connectivity index is 1.64. The van der Waals surface area contributed by atoms with Crippen LogP contribution in [-0.4, -0.2) is 16.1 Å². The van der Waals surface area contributed by atoms with Gasteiger partial charge in [-0.25, -0.2) is 4.99 Å². The fraction of sp³-hybridized carbons (Fsp3) is 0.0500. The Bertz CT molecular complexity index is 1140. The third-order valence-electron chi connectivity index (χ3n) is 4.01. The molecule has 1 aliphatic heterocycles. The third-order valence-corrected chi connectivity index (χ3v) is 4.92. The van der Waals surface area contributed by atoms with Crippen LogP contribution in [0.5, 0.6) is 0 Å². The molecule has 4 rings (SSSR count). The lowest BCUT2D eigenvalue weighted by Crippen LogP contribution is -2.19. The summed E-state index contributed by atoms with van der Waals surface area (Å²) in [6, 6.07) is 14.3. The maximum Gasteiger partial charge on any atom is 0.418 e. The maximum atomic E-state index is 13.1. The zero-order valence-corrected chi connectivity index (χ0v) is 15.0. The number of aliphatic imine (C=N–C) groups is 1. The number of thioether (sulfide) groups is 1. The van der Waals surface area contributed by atoms with Crippen molar-refractivity contribution in [3.05, 3.63) is 76.8 Å². The second-order valence-electron chi connectivity index (χ2n) is 5.95. The summed E-state index contributed by atoms with van der Waals surface area (Å²) in [4.78, 5) is 20.8. The molecule has 1 amide bonds. The van der Waals surface area contributed by atoms with Crippen molar-refractivity contribution in [1.82, 2.24) is 10.3 Å². The number of nitrogens with zero attached hydrogens (tertiary/aromatic N) is 2. The molecule has 0 saturated carbocycles. The van der Waals surface area contributed by atoms with Crippen molar-refractivity contribution >= 4 is 45.5 Å². The molecular weight excluding hydrogens is 387 g/mol. The molecule has 2 heterocycles. The molecule has 1 aromatic heterocycles. The first-order valence-electron chi connectivity index (χ1n) is 8.21. The van der Waals surface area contributed by atoms with Gasteiger partial charge in [-0.15, -0.1) is 0 Å². The van der Waals surface area contributed by atoms with Crippen LogP contribution < -0.4 is 5.32 Å². The number of amidine groups is 1. The van der Waals surface area contributed by atoms with Gasteiger partial charge >= 0.3 is 6.18 Å². The molecule has 2 aromatic carbocycles. The fourth-order valence-electron chi connectivity index (χ4n) is 2.74. The Kier molecular flexibility index (Phi) is 4.64. The van der Waals surface area contributed by atoms with Gasteiger partial charge in [0, 0.05) is 11.6 Å². The highest BCUT2D eigenvalue weighted by Crippen LogP contribution is 2.37. The summed E-state index contributed by atoms with van der Waals surface area (Å²) in [5, 5.41) is 3.55. The molecule has 1 aliphatic rings. The Morgan fingerprint density at radius 2 is 1.89 bits per heavy atom. The van der Waals surface area contributed by atoms with Crippen LogP contribution >= 0.6 is 11.8 Å². The number of carbonyl (C=O) groups excluding carboxylic acids is 1. The van der Waals surface area contributed by atoms with E-state index in [2.05, 4.69) is 15.3 Å². The Hall–Kier alpha value is -3.13. The summed E-state index contributed by atoms with van der Waals surface area (Å²) < 4.78 is 39.3. The van der Waals surface area contributed by atoms with E-state index in [-0.39, 0.29) is 10.9 Å². The fourth-order valence-corrected chi connectivity index (χ4v) is 3.57. The van der Waals surface area contributed by atoms with Crippen LogP contribution in [0.25, 0.3) is 17.0 Å². The van der Waals surface area contributed by atoms with E-state index in [1.165, 1.54) is 18.2 Å². The van der Waals surface area contributed by atoms with E-state index < -0.39 is 17.6 Å². The predicted octanol–water partition coefficient (Wildman–Crippen LogP) is 5.15. The summed E-state index contributed by atoms with van der Waals surface area (Å²) in [5.74, 6) is -0.403. The number of benzene rings is 2. The molecule has 0 atom stereocenters. The van der Waals surface area contributed by atoms with Crippen LogP contribution in [0.4, 0.5) is 18.9 Å². The third kappa shape index (κ3) is 3.77. The number of nitrogens with one attached hydrogen (secondary N) is 1. The molecule has 3 aromatic rings. The number of pyridine rings is 1. The van der Waals surface area contributed by atoms with Gasteiger partial charge in [0.05, 0.1) is 21.7 Å². The zero-order valence-electron chi connectivity index (χ0n) is 14.2. The summed E-state index contributed by atoms with van der Waals surface area (Å²) in [6.45, 7) is 0. The maximum absolute atomic E-state index is 13.1. The highest BCUT2D eigenvalue weighted by Gasteiger charge is 2.34. The number of halogens is 3. The second kappa shape index (κ2) is 7.12. The molecule has 8 heteroatoms. The van der Waals surface area contributed by atoms with Gasteiger partial charge < -0.3 is 5.32 Å². The predicted molar refractivity (Wildman–Crippen MR) is 104 cm³/mol. The van der Waals surface area contributed by atoms with Gasteiger partial charge in [-0.3, -0.25) is 9.78 Å². The number of aromatic nitrogens is 1. The van der Waals surface area contributed by atoms with Gasteiger partial charge in [0.1, 0.15) is 0 Å². The standard InChI is InChI=1S/C20H12F3N3OS/c21-20(22,23)14-5-1-2-6-16(14)25-19-26-18(27)17(28-19)11-12-7-8-15-13(10-12)4-3-9-24-15/h1-11H,(H,25,26,27)/b17-11-. The number of hydrogen-bond donors (Lipinski definition) is 1. The number of alkyl halides is 3. The van der Waals surface area contributed by atoms with Crippen LogP contribution in [0.2, 0.25) is 0 Å². The molecule has 0 unspecified atom stereocenters. The first-order valence-corrected chi connectivity index (χ1v) is 9.02. The quantitative estimate of drug-likeness (QED) is 0.607. The van der Waals surface area contributed by atoms with Crippen LogP contribution in [0.15, 0.2) is 70.7 Å². The van der Waals surface area contributed by atoms with Gasteiger partial charge in [-0.2, -0.15) is 13.2 Å². The van der Waals surface area contributed by atoms with Crippen molar-refractivity contribution in [2.75, 3.05) is 0 Å². The molecule has 28 heavy (non-hydrogen) atoms. The minimum Gasteiger partial charge on any atom is -0.300 e. The molecule has 1 saturated heterocycles. The number of fused-ring (bicyclic) bond motifs is 1. The number of amides is 1. The first-order chi connectivity index (χ1) is 13.4. The van der Waals surface area contributed by atoms with Crippen molar-refractivity contribution in [3.8, 4) is 0 Å². The van der Waals surface area contributed by atoms with Crippen molar-refractivity contribution in [2.45, 2.75) is 6.18 Å². The molecule has 0 radical (unpaired) electrons. The smallest absolute Gasteiger partial charge is 0.300 e. The van der Waals surface area contributed by atoms with Crippen molar-refractivity contribution in [3.63, 3.8) is 0 Å². The van der Waals surface area contributed by atoms with E-state index in [0.29, 0.717) is 4.91 Å². The average molecular weight is 399 g/mol. The minimum atomic E-state index is -4.52. The topological polar surface area (TPSA) is 54.4 Å².